The number of benzene rings is 2. The number of nitrogens with zero attached hydrogens (tertiary/aromatic N) is 2. The fourth-order valence-electron chi connectivity index (χ4n) is 5.35. The number of allylic oxidation sites excluding steroid dienone is 2. The summed E-state index contributed by atoms with van der Waals surface area (Å²) in [6, 6.07) is 21.7. The van der Waals surface area contributed by atoms with Gasteiger partial charge in [-0.3, -0.25) is 9.69 Å². The number of carbonyl (C=O) groups excluding carboxylic acids is 1. The van der Waals surface area contributed by atoms with Crippen LogP contribution in [0.5, 0.6) is 5.88 Å². The second-order valence-electron chi connectivity index (χ2n) is 12.1. The van der Waals surface area contributed by atoms with Crippen molar-refractivity contribution in [3.63, 3.8) is 0 Å². The van der Waals surface area contributed by atoms with E-state index < -0.39 is 0 Å². The van der Waals surface area contributed by atoms with E-state index in [0.29, 0.717) is 29.3 Å². The Morgan fingerprint density at radius 2 is 1.70 bits per heavy atom. The molecule has 5 heteroatoms. The van der Waals surface area contributed by atoms with Gasteiger partial charge in [0, 0.05) is 44.0 Å². The summed E-state index contributed by atoms with van der Waals surface area (Å²) in [5, 5.41) is 2.99. The third kappa shape index (κ3) is 7.48. The zero-order chi connectivity index (χ0) is 28.0. The third-order valence-electron chi connectivity index (χ3n) is 8.02. The first kappa shape index (κ1) is 27.9. The van der Waals surface area contributed by atoms with E-state index in [1.807, 2.05) is 54.6 Å². The van der Waals surface area contributed by atoms with Crippen molar-refractivity contribution in [3.8, 4) is 17.0 Å². The highest BCUT2D eigenvalue weighted by molar-refractivity contribution is 5.94. The smallest absolute Gasteiger partial charge is 0.251 e. The fraction of sp³-hybridized carbons (Fsp3) is 0.371. The maximum atomic E-state index is 12.6. The van der Waals surface area contributed by atoms with Crippen LogP contribution in [-0.2, 0) is 6.54 Å². The predicted octanol–water partition coefficient (Wildman–Crippen LogP) is 7.07. The molecule has 3 aromatic rings. The number of likely N-dealkylation sites (tertiary alicyclic amines) is 1. The van der Waals surface area contributed by atoms with Gasteiger partial charge in [-0.25, -0.2) is 4.98 Å². The van der Waals surface area contributed by atoms with Gasteiger partial charge in [0.1, 0.15) is 6.10 Å². The molecule has 1 aromatic heterocycles. The largest absolute Gasteiger partial charge is 0.474 e. The minimum atomic E-state index is -0.0970. The number of nitrogens with one attached hydrogen (secondary N) is 1. The van der Waals surface area contributed by atoms with Crippen molar-refractivity contribution in [1.82, 2.24) is 15.2 Å². The molecule has 0 spiro atoms. The molecule has 2 aromatic carbocycles. The van der Waals surface area contributed by atoms with Crippen molar-refractivity contribution in [3.05, 3.63) is 108 Å². The van der Waals surface area contributed by atoms with Crippen molar-refractivity contribution in [1.29, 1.82) is 0 Å². The lowest BCUT2D eigenvalue weighted by molar-refractivity contribution is 0.0951. The molecular weight excluding hydrogens is 494 g/mol. The Hall–Kier alpha value is -3.70. The summed E-state index contributed by atoms with van der Waals surface area (Å²) in [7, 11) is 0. The van der Waals surface area contributed by atoms with E-state index >= 15 is 0 Å². The molecule has 2 aliphatic rings. The molecule has 2 heterocycles. The fourth-order valence-corrected chi connectivity index (χ4v) is 5.35. The zero-order valence-corrected chi connectivity index (χ0v) is 24.0. The van der Waals surface area contributed by atoms with Crippen molar-refractivity contribution in [2.45, 2.75) is 52.7 Å². The SMILES string of the molecule is CC(C)(C)C1C=CC(CN2CCC(Oc3ccc(CNC(=O)c4ccc(-c5ccccc5)cc4)cn3)CC2)=CC1. The van der Waals surface area contributed by atoms with Crippen LogP contribution in [-0.4, -0.2) is 41.5 Å². The van der Waals surface area contributed by atoms with Gasteiger partial charge < -0.3 is 10.1 Å². The van der Waals surface area contributed by atoms with Gasteiger partial charge in [-0.1, -0.05) is 87.5 Å². The predicted molar refractivity (Wildman–Crippen MR) is 162 cm³/mol. The van der Waals surface area contributed by atoms with Gasteiger partial charge >= 0.3 is 0 Å². The highest BCUT2D eigenvalue weighted by Gasteiger charge is 2.25. The van der Waals surface area contributed by atoms with Gasteiger partial charge in [0.25, 0.3) is 5.91 Å². The molecule has 1 atom stereocenters. The van der Waals surface area contributed by atoms with Gasteiger partial charge in [-0.05, 0) is 65.0 Å². The second-order valence-corrected chi connectivity index (χ2v) is 12.1. The molecule has 1 aliphatic carbocycles. The van der Waals surface area contributed by atoms with Crippen LogP contribution in [0.1, 0.15) is 56.0 Å². The summed E-state index contributed by atoms with van der Waals surface area (Å²) < 4.78 is 6.19. The molecule has 5 nitrogen and oxygen atoms in total. The molecule has 40 heavy (non-hydrogen) atoms. The van der Waals surface area contributed by atoms with E-state index in [0.717, 1.165) is 55.6 Å². The van der Waals surface area contributed by atoms with Crippen molar-refractivity contribution in [2.24, 2.45) is 11.3 Å². The Morgan fingerprint density at radius 1 is 0.975 bits per heavy atom. The standard InChI is InChI=1S/C35H41N3O2/c1-35(2,3)31-16-9-26(10-17-31)25-38-21-19-32(20-22-38)40-33-18-11-27(23-36-33)24-37-34(39)30-14-12-29(13-15-30)28-7-5-4-6-8-28/h4-16,18,23,31-32H,17,19-22,24-25H2,1-3H3,(H,37,39). The van der Waals surface area contributed by atoms with Gasteiger partial charge in [0.15, 0.2) is 0 Å². The number of rotatable bonds is 8. The van der Waals surface area contributed by atoms with Crippen LogP contribution in [0.25, 0.3) is 11.1 Å². The first-order chi connectivity index (χ1) is 19.3. The molecule has 1 amide bonds. The summed E-state index contributed by atoms with van der Waals surface area (Å²) in [6.07, 6.45) is 12.3. The van der Waals surface area contributed by atoms with E-state index in [2.05, 4.69) is 66.3 Å². The molecule has 0 saturated carbocycles. The Labute approximate surface area is 239 Å². The van der Waals surface area contributed by atoms with Crippen LogP contribution < -0.4 is 10.1 Å². The summed E-state index contributed by atoms with van der Waals surface area (Å²) in [5.41, 5.74) is 5.58. The van der Waals surface area contributed by atoms with Crippen LogP contribution in [0.2, 0.25) is 0 Å². The highest BCUT2D eigenvalue weighted by atomic mass is 16.5. The van der Waals surface area contributed by atoms with E-state index in [-0.39, 0.29) is 12.0 Å². The van der Waals surface area contributed by atoms with Crippen molar-refractivity contribution < 1.29 is 9.53 Å². The summed E-state index contributed by atoms with van der Waals surface area (Å²) >= 11 is 0. The maximum absolute atomic E-state index is 12.6. The Balaban J connectivity index is 1.03. The minimum Gasteiger partial charge on any atom is -0.474 e. The molecule has 0 radical (unpaired) electrons. The number of piperidine rings is 1. The first-order valence-electron chi connectivity index (χ1n) is 14.5. The van der Waals surface area contributed by atoms with Crippen LogP contribution >= 0.6 is 0 Å². The van der Waals surface area contributed by atoms with Gasteiger partial charge in [-0.2, -0.15) is 0 Å². The lowest BCUT2D eigenvalue weighted by Crippen LogP contribution is -2.39. The molecule has 1 N–H and O–H groups in total. The second kappa shape index (κ2) is 12.6. The number of pyridine rings is 1. The molecular formula is C35H41N3O2. The zero-order valence-electron chi connectivity index (χ0n) is 24.0. The molecule has 0 bridgehead atoms. The van der Waals surface area contributed by atoms with Gasteiger partial charge in [0.05, 0.1) is 0 Å². The maximum Gasteiger partial charge on any atom is 0.251 e. The molecule has 1 unspecified atom stereocenters. The minimum absolute atomic E-state index is 0.0970. The lowest BCUT2D eigenvalue weighted by atomic mass is 9.76. The lowest BCUT2D eigenvalue weighted by Gasteiger charge is -2.33. The highest BCUT2D eigenvalue weighted by Crippen LogP contribution is 2.33. The molecule has 1 saturated heterocycles. The first-order valence-corrected chi connectivity index (χ1v) is 14.5. The Morgan fingerprint density at radius 3 is 2.33 bits per heavy atom. The number of ether oxygens (including phenoxy) is 1. The van der Waals surface area contributed by atoms with Crippen LogP contribution in [0.3, 0.4) is 0 Å². The van der Waals surface area contributed by atoms with Crippen molar-refractivity contribution in [2.75, 3.05) is 19.6 Å². The van der Waals surface area contributed by atoms with E-state index in [4.69, 9.17) is 4.74 Å². The molecule has 1 fully saturated rings. The van der Waals surface area contributed by atoms with Gasteiger partial charge in [-0.15, -0.1) is 0 Å². The molecule has 208 valence electrons. The van der Waals surface area contributed by atoms with E-state index in [9.17, 15) is 4.79 Å². The summed E-state index contributed by atoms with van der Waals surface area (Å²) in [5.74, 6) is 1.18. The normalized spacial score (nSPS) is 18.3. The number of carbonyl (C=O) groups is 1. The third-order valence-corrected chi connectivity index (χ3v) is 8.02. The number of amides is 1. The van der Waals surface area contributed by atoms with Crippen LogP contribution in [0.15, 0.2) is 96.7 Å². The van der Waals surface area contributed by atoms with Gasteiger partial charge in [0.2, 0.25) is 5.88 Å². The number of hydrogen-bond donors (Lipinski definition) is 1. The summed E-state index contributed by atoms with van der Waals surface area (Å²) in [6.45, 7) is 10.5. The van der Waals surface area contributed by atoms with E-state index in [1.54, 1.807) is 6.20 Å². The Bertz CT molecular complexity index is 1310. The molecule has 1 aliphatic heterocycles. The molecule has 5 rings (SSSR count). The summed E-state index contributed by atoms with van der Waals surface area (Å²) in [4.78, 5) is 19.7. The number of hydrogen-bond acceptors (Lipinski definition) is 4. The quantitative estimate of drug-likeness (QED) is 0.335. The average molecular weight is 536 g/mol. The van der Waals surface area contributed by atoms with E-state index in [1.165, 1.54) is 5.57 Å². The Kier molecular flexibility index (Phi) is 8.81. The average Bonchev–Trinajstić information content (AvgIpc) is 2.98. The number of aromatic nitrogens is 1. The van der Waals surface area contributed by atoms with Crippen LogP contribution in [0.4, 0.5) is 0 Å². The van der Waals surface area contributed by atoms with Crippen molar-refractivity contribution >= 4 is 5.91 Å². The van der Waals surface area contributed by atoms with Crippen LogP contribution in [0, 0.1) is 11.3 Å². The monoisotopic (exact) mass is 535 g/mol. The topological polar surface area (TPSA) is 54.5 Å².